The Kier molecular flexibility index (Phi) is 4.02. The number of benzene rings is 1. The number of nitrogens with zero attached hydrogens (tertiary/aromatic N) is 3. The van der Waals surface area contributed by atoms with Crippen LogP contribution >= 0.6 is 34.7 Å². The van der Waals surface area contributed by atoms with Crippen LogP contribution in [0.1, 0.15) is 22.4 Å². The Hall–Kier alpha value is -1.57. The van der Waals surface area contributed by atoms with Crippen molar-refractivity contribution < 1.29 is 9.59 Å². The van der Waals surface area contributed by atoms with Gasteiger partial charge < -0.3 is 9.80 Å². The van der Waals surface area contributed by atoms with E-state index in [-0.39, 0.29) is 23.4 Å². The largest absolute Gasteiger partial charge is 0.315 e. The van der Waals surface area contributed by atoms with Crippen LogP contribution in [0.5, 0.6) is 0 Å². The zero-order chi connectivity index (χ0) is 16.8. The third-order valence-electron chi connectivity index (χ3n) is 4.36. The molecule has 2 saturated heterocycles. The van der Waals surface area contributed by atoms with E-state index in [0.29, 0.717) is 4.47 Å². The number of halogens is 1. The van der Waals surface area contributed by atoms with Gasteiger partial charge in [0.25, 0.3) is 0 Å². The minimum absolute atomic E-state index is 0.0979. The molecule has 3 heterocycles. The van der Waals surface area contributed by atoms with E-state index in [1.54, 1.807) is 29.9 Å². The quantitative estimate of drug-likeness (QED) is 0.753. The van der Waals surface area contributed by atoms with Crippen LogP contribution in [0.2, 0.25) is 4.47 Å². The molecule has 8 heteroatoms. The summed E-state index contributed by atoms with van der Waals surface area (Å²) in [4.78, 5) is 34.5. The molecule has 0 radical (unpaired) electrons. The fourth-order valence-corrected chi connectivity index (χ4v) is 5.78. The van der Waals surface area contributed by atoms with E-state index in [1.807, 2.05) is 35.2 Å². The van der Waals surface area contributed by atoms with Crippen molar-refractivity contribution in [3.63, 3.8) is 0 Å². The molecule has 2 aliphatic rings. The van der Waals surface area contributed by atoms with Gasteiger partial charge in [-0.1, -0.05) is 41.9 Å². The lowest BCUT2D eigenvalue weighted by molar-refractivity contribution is -0.155. The summed E-state index contributed by atoms with van der Waals surface area (Å²) in [5, 5.41) is 0. The number of hydrogen-bond donors (Lipinski definition) is 0. The first-order valence-corrected chi connectivity index (χ1v) is 9.69. The maximum Gasteiger partial charge on any atom is 0.242 e. The van der Waals surface area contributed by atoms with E-state index in [2.05, 4.69) is 4.98 Å². The summed E-state index contributed by atoms with van der Waals surface area (Å²) in [7, 11) is 1.76. The minimum Gasteiger partial charge on any atom is -0.315 e. The number of hydrogen-bond acceptors (Lipinski definition) is 5. The van der Waals surface area contributed by atoms with Gasteiger partial charge in [-0.05, 0) is 5.56 Å². The summed E-state index contributed by atoms with van der Waals surface area (Å²) in [5.74, 6) is -0.345. The van der Waals surface area contributed by atoms with Crippen molar-refractivity contribution in [2.75, 3.05) is 12.8 Å². The smallest absolute Gasteiger partial charge is 0.242 e. The molecule has 2 amide bonds. The van der Waals surface area contributed by atoms with Gasteiger partial charge in [0, 0.05) is 23.9 Å². The van der Waals surface area contributed by atoms with Gasteiger partial charge in [-0.2, -0.15) is 0 Å². The number of carbonyl (C=O) groups is 2. The number of thioether (sulfide) groups is 1. The lowest BCUT2D eigenvalue weighted by Crippen LogP contribution is -2.57. The van der Waals surface area contributed by atoms with E-state index in [0.717, 1.165) is 16.2 Å². The van der Waals surface area contributed by atoms with Gasteiger partial charge in [-0.15, -0.1) is 23.1 Å². The maximum atomic E-state index is 13.2. The van der Waals surface area contributed by atoms with Gasteiger partial charge in [0.05, 0.1) is 6.04 Å². The second-order valence-electron chi connectivity index (χ2n) is 5.73. The lowest BCUT2D eigenvalue weighted by atomic mass is 9.94. The molecule has 5 nitrogen and oxygen atoms in total. The Balaban J connectivity index is 1.73. The molecule has 2 aliphatic heterocycles. The van der Waals surface area contributed by atoms with Crippen LogP contribution in [0, 0.1) is 0 Å². The molecule has 1 aromatic heterocycles. The van der Waals surface area contributed by atoms with Crippen LogP contribution < -0.4 is 0 Å². The topological polar surface area (TPSA) is 53.5 Å². The lowest BCUT2D eigenvalue weighted by Gasteiger charge is -2.42. The van der Waals surface area contributed by atoms with E-state index >= 15 is 0 Å². The minimum atomic E-state index is -0.781. The van der Waals surface area contributed by atoms with Crippen molar-refractivity contribution in [2.45, 2.75) is 17.5 Å². The van der Waals surface area contributed by atoms with E-state index in [4.69, 9.17) is 11.6 Å². The maximum absolute atomic E-state index is 13.2. The number of aromatic nitrogens is 1. The first-order chi connectivity index (χ1) is 11.6. The Morgan fingerprint density at radius 3 is 2.62 bits per heavy atom. The monoisotopic (exact) mass is 379 g/mol. The zero-order valence-electron chi connectivity index (χ0n) is 12.8. The SMILES string of the molecule is CN1C(=O)C(c2ccccc2)C(=O)N2C1SC[C@@H]2c1cnc(Cl)s1. The number of amides is 2. The van der Waals surface area contributed by atoms with Crippen LogP contribution in [-0.4, -0.2) is 44.9 Å². The first kappa shape index (κ1) is 15.9. The molecule has 1 aromatic carbocycles. The summed E-state index contributed by atoms with van der Waals surface area (Å²) in [6.07, 6.45) is 1.72. The van der Waals surface area contributed by atoms with Gasteiger partial charge in [-0.25, -0.2) is 4.98 Å². The highest BCUT2D eigenvalue weighted by Crippen LogP contribution is 2.46. The molecule has 2 aromatic rings. The van der Waals surface area contributed by atoms with Gasteiger partial charge in [0.1, 0.15) is 5.92 Å². The Bertz CT molecular complexity index is 798. The number of likely N-dealkylation sites (N-methyl/N-ethyl adjacent to an activating group) is 1. The predicted octanol–water partition coefficient (Wildman–Crippen LogP) is 2.95. The molecule has 0 spiro atoms. The molecule has 0 aliphatic carbocycles. The van der Waals surface area contributed by atoms with E-state index in [9.17, 15) is 9.59 Å². The molecule has 24 heavy (non-hydrogen) atoms. The van der Waals surface area contributed by atoms with Crippen molar-refractivity contribution in [1.82, 2.24) is 14.8 Å². The number of carbonyl (C=O) groups excluding carboxylic acids is 2. The van der Waals surface area contributed by atoms with Crippen LogP contribution in [0.4, 0.5) is 0 Å². The molecule has 3 atom stereocenters. The average molecular weight is 380 g/mol. The molecule has 124 valence electrons. The summed E-state index contributed by atoms with van der Waals surface area (Å²) >= 11 is 8.94. The normalized spacial score (nSPS) is 26.8. The molecular formula is C16H14ClN3O2S2. The van der Waals surface area contributed by atoms with Gasteiger partial charge >= 0.3 is 0 Å². The summed E-state index contributed by atoms with van der Waals surface area (Å²) in [6.45, 7) is 0. The summed E-state index contributed by atoms with van der Waals surface area (Å²) in [6, 6.07) is 9.14. The highest BCUT2D eigenvalue weighted by molar-refractivity contribution is 8.00. The first-order valence-electron chi connectivity index (χ1n) is 7.44. The fourth-order valence-electron chi connectivity index (χ4n) is 3.19. The standard InChI is InChI=1S/C16H14ClN3O2S2/c1-19-13(21)12(9-5-3-2-4-6-9)14(22)20-10(8-23-16(19)20)11-7-18-15(17)24-11/h2-7,10,12,16H,8H2,1H3/t10-,12?,16?/m1/s1. The molecule has 0 N–H and O–H groups in total. The third-order valence-corrected chi connectivity index (χ3v) is 6.93. The van der Waals surface area contributed by atoms with E-state index in [1.165, 1.54) is 11.3 Å². The van der Waals surface area contributed by atoms with Crippen molar-refractivity contribution in [3.8, 4) is 0 Å². The Labute approximate surface area is 152 Å². The highest BCUT2D eigenvalue weighted by atomic mass is 35.5. The Morgan fingerprint density at radius 1 is 1.21 bits per heavy atom. The summed E-state index contributed by atoms with van der Waals surface area (Å²) < 4.78 is 0.465. The highest BCUT2D eigenvalue weighted by Gasteiger charge is 2.51. The van der Waals surface area contributed by atoms with Gasteiger partial charge in [0.2, 0.25) is 11.8 Å². The molecule has 4 rings (SSSR count). The molecule has 2 fully saturated rings. The van der Waals surface area contributed by atoms with Crippen molar-refractivity contribution in [1.29, 1.82) is 0 Å². The third kappa shape index (κ3) is 2.42. The fraction of sp³-hybridized carbons (Fsp3) is 0.312. The van der Waals surface area contributed by atoms with Gasteiger partial charge in [-0.3, -0.25) is 9.59 Å². The predicted molar refractivity (Wildman–Crippen MR) is 94.9 cm³/mol. The second kappa shape index (κ2) is 6.06. The molecule has 0 bridgehead atoms. The van der Waals surface area contributed by atoms with Crippen LogP contribution in [0.25, 0.3) is 0 Å². The zero-order valence-corrected chi connectivity index (χ0v) is 15.1. The van der Waals surface area contributed by atoms with Crippen LogP contribution in [0.3, 0.4) is 0 Å². The molecule has 2 unspecified atom stereocenters. The molecular weight excluding hydrogens is 366 g/mol. The second-order valence-corrected chi connectivity index (χ2v) is 8.46. The van der Waals surface area contributed by atoms with Crippen molar-refractivity contribution in [3.05, 3.63) is 51.4 Å². The van der Waals surface area contributed by atoms with Crippen molar-refractivity contribution in [2.24, 2.45) is 0 Å². The number of thiazole rings is 1. The van der Waals surface area contributed by atoms with Crippen LogP contribution in [0.15, 0.2) is 36.5 Å². The van der Waals surface area contributed by atoms with E-state index < -0.39 is 5.92 Å². The van der Waals surface area contributed by atoms with Crippen LogP contribution in [-0.2, 0) is 9.59 Å². The van der Waals surface area contributed by atoms with Crippen molar-refractivity contribution >= 4 is 46.5 Å². The number of fused-ring (bicyclic) bond motifs is 1. The molecule has 0 saturated carbocycles. The van der Waals surface area contributed by atoms with Gasteiger partial charge in [0.15, 0.2) is 9.96 Å². The Morgan fingerprint density at radius 2 is 1.96 bits per heavy atom. The summed E-state index contributed by atoms with van der Waals surface area (Å²) in [5.41, 5.74) is 0.464. The number of rotatable bonds is 2. The average Bonchev–Trinajstić information content (AvgIpc) is 3.20.